The Balaban J connectivity index is 2.24. The van der Waals surface area contributed by atoms with Crippen molar-refractivity contribution in [3.05, 3.63) is 16.2 Å². The first kappa shape index (κ1) is 17.9. The van der Waals surface area contributed by atoms with Crippen LogP contribution in [0.25, 0.3) is 11.2 Å². The zero-order chi connectivity index (χ0) is 17.9. The lowest BCUT2D eigenvalue weighted by Crippen LogP contribution is -2.38. The van der Waals surface area contributed by atoms with Crippen molar-refractivity contribution in [2.45, 2.75) is 52.8 Å². The number of H-pyrrole nitrogens is 1. The zero-order valence-corrected chi connectivity index (χ0v) is 14.2. The highest BCUT2D eigenvalue weighted by Crippen LogP contribution is 2.10. The van der Waals surface area contributed by atoms with Crippen molar-refractivity contribution in [1.29, 1.82) is 0 Å². The quantitative estimate of drug-likeness (QED) is 0.626. The summed E-state index contributed by atoms with van der Waals surface area (Å²) in [5, 5.41) is 0. The Hall–Kier alpha value is -2.42. The van der Waals surface area contributed by atoms with Gasteiger partial charge in [0, 0.05) is 6.42 Å². The maximum Gasteiger partial charge on any atom is 0.324 e. The molecule has 0 aliphatic heterocycles. The molecule has 0 fully saturated rings. The molecule has 0 radical (unpaired) electrons. The number of ether oxygens (including phenoxy) is 1. The summed E-state index contributed by atoms with van der Waals surface area (Å²) in [5.41, 5.74) is 11.6. The van der Waals surface area contributed by atoms with E-state index in [0.29, 0.717) is 11.5 Å². The molecule has 0 unspecified atom stereocenters. The molecular weight excluding hydrogens is 312 g/mol. The van der Waals surface area contributed by atoms with Gasteiger partial charge in [0.15, 0.2) is 17.9 Å². The third-order valence-corrected chi connectivity index (χ3v) is 3.78. The Kier molecular flexibility index (Phi) is 5.55. The minimum Gasteiger partial charge on any atom is -0.443 e. The van der Waals surface area contributed by atoms with Crippen LogP contribution < -0.4 is 17.0 Å². The highest BCUT2D eigenvalue weighted by atomic mass is 16.5. The molecule has 0 aliphatic carbocycles. The Morgan fingerprint density at radius 2 is 2.08 bits per heavy atom. The number of nitrogens with zero attached hydrogens (tertiary/aromatic N) is 3. The van der Waals surface area contributed by atoms with Crippen molar-refractivity contribution in [2.75, 3.05) is 5.73 Å². The number of unbranched alkanes of at least 4 members (excludes halogenated alkanes) is 1. The number of rotatable bonds is 7. The predicted molar refractivity (Wildman–Crippen MR) is 90.1 cm³/mol. The van der Waals surface area contributed by atoms with Gasteiger partial charge in [-0.15, -0.1) is 0 Å². The smallest absolute Gasteiger partial charge is 0.324 e. The van der Waals surface area contributed by atoms with Crippen LogP contribution in [0.2, 0.25) is 0 Å². The summed E-state index contributed by atoms with van der Waals surface area (Å²) in [6.07, 6.45) is 2.70. The number of nitrogens with two attached hydrogens (primary N) is 2. The molecule has 5 N–H and O–H groups in total. The number of nitrogen functional groups attached to an aromatic ring is 1. The number of anilines is 1. The fraction of sp³-hybridized carbons (Fsp3) is 0.600. The molecule has 132 valence electrons. The van der Waals surface area contributed by atoms with Gasteiger partial charge in [-0.2, -0.15) is 4.98 Å². The van der Waals surface area contributed by atoms with E-state index in [0.717, 1.165) is 23.8 Å². The second-order valence-corrected chi connectivity index (χ2v) is 6.05. The molecule has 2 rings (SSSR count). The number of esters is 1. The Labute approximate surface area is 139 Å². The molecule has 0 aliphatic rings. The fourth-order valence-electron chi connectivity index (χ4n) is 2.13. The maximum absolute atomic E-state index is 12.5. The van der Waals surface area contributed by atoms with Crippen LogP contribution in [0, 0.1) is 5.92 Å². The third-order valence-electron chi connectivity index (χ3n) is 3.78. The summed E-state index contributed by atoms with van der Waals surface area (Å²) in [6, 6.07) is -0.760. The van der Waals surface area contributed by atoms with Gasteiger partial charge in [-0.05, 0) is 12.3 Å². The first-order valence-corrected chi connectivity index (χ1v) is 8.02. The zero-order valence-electron chi connectivity index (χ0n) is 14.2. The number of hydrogen-bond acceptors (Lipinski definition) is 7. The fourth-order valence-corrected chi connectivity index (χ4v) is 2.13. The van der Waals surface area contributed by atoms with Crippen molar-refractivity contribution in [2.24, 2.45) is 11.7 Å². The van der Waals surface area contributed by atoms with E-state index in [1.165, 1.54) is 0 Å². The van der Waals surface area contributed by atoms with Gasteiger partial charge in [0.05, 0.1) is 0 Å². The van der Waals surface area contributed by atoms with Crippen LogP contribution in [-0.4, -0.2) is 31.5 Å². The molecule has 9 heteroatoms. The van der Waals surface area contributed by atoms with Gasteiger partial charge in [0.2, 0.25) is 5.95 Å². The van der Waals surface area contributed by atoms with Crippen molar-refractivity contribution in [3.8, 4) is 0 Å². The number of fused-ring (bicyclic) bond motifs is 1. The van der Waals surface area contributed by atoms with E-state index in [2.05, 4.69) is 21.9 Å². The van der Waals surface area contributed by atoms with Gasteiger partial charge >= 0.3 is 5.97 Å². The van der Waals surface area contributed by atoms with Crippen molar-refractivity contribution in [3.63, 3.8) is 0 Å². The molecular formula is C15H24N6O3. The number of aromatic amines is 1. The van der Waals surface area contributed by atoms with E-state index < -0.39 is 17.6 Å². The predicted octanol–water partition coefficient (Wildman–Crippen LogP) is 0.528. The Morgan fingerprint density at radius 1 is 1.38 bits per heavy atom. The van der Waals surface area contributed by atoms with E-state index >= 15 is 0 Å². The van der Waals surface area contributed by atoms with Crippen molar-refractivity contribution in [1.82, 2.24) is 19.5 Å². The molecule has 0 saturated carbocycles. The lowest BCUT2D eigenvalue weighted by atomic mass is 10.1. The molecule has 0 saturated heterocycles. The molecule has 9 nitrogen and oxygen atoms in total. The summed E-state index contributed by atoms with van der Waals surface area (Å²) in [5.74, 6) is -0.0294. The SMILES string of the molecule is CCCCc1nc2c(=O)n(COC(=O)[C@@H](N)C(C)C)c(N)nc2[nH]1. The molecule has 0 aromatic carbocycles. The number of nitrogens with one attached hydrogen (secondary N) is 1. The molecule has 0 amide bonds. The van der Waals surface area contributed by atoms with Crippen LogP contribution in [0.5, 0.6) is 0 Å². The number of hydrogen-bond donors (Lipinski definition) is 3. The van der Waals surface area contributed by atoms with Crippen molar-refractivity contribution >= 4 is 23.1 Å². The standard InChI is InChI=1S/C15H24N6O3/c1-4-5-6-9-18-11-12(19-9)20-15(17)21(13(11)22)7-24-14(23)10(16)8(2)3/h8,10H,4-7,16H2,1-3H3,(H2,17,20)(H,18,19)/t10-/m0/s1. The summed E-state index contributed by atoms with van der Waals surface area (Å²) in [7, 11) is 0. The second kappa shape index (κ2) is 7.43. The average Bonchev–Trinajstić information content (AvgIpc) is 2.94. The van der Waals surface area contributed by atoms with Crippen LogP contribution >= 0.6 is 0 Å². The van der Waals surface area contributed by atoms with Gasteiger partial charge in [0.1, 0.15) is 11.9 Å². The van der Waals surface area contributed by atoms with E-state index in [-0.39, 0.29) is 24.1 Å². The van der Waals surface area contributed by atoms with E-state index in [1.54, 1.807) is 0 Å². The number of aryl methyl sites for hydroxylation is 1. The summed E-state index contributed by atoms with van der Waals surface area (Å²) < 4.78 is 6.14. The lowest BCUT2D eigenvalue weighted by Gasteiger charge is -2.15. The van der Waals surface area contributed by atoms with Crippen LogP contribution in [0.15, 0.2) is 4.79 Å². The van der Waals surface area contributed by atoms with Gasteiger partial charge < -0.3 is 21.2 Å². The summed E-state index contributed by atoms with van der Waals surface area (Å²) in [6.45, 7) is 5.34. The first-order chi connectivity index (χ1) is 11.3. The molecule has 2 heterocycles. The van der Waals surface area contributed by atoms with Gasteiger partial charge in [0.25, 0.3) is 5.56 Å². The van der Waals surface area contributed by atoms with Gasteiger partial charge in [-0.3, -0.25) is 9.59 Å². The van der Waals surface area contributed by atoms with E-state index in [1.807, 2.05) is 13.8 Å². The monoisotopic (exact) mass is 336 g/mol. The van der Waals surface area contributed by atoms with Crippen LogP contribution in [0.1, 0.15) is 39.4 Å². The molecule has 0 spiro atoms. The molecule has 0 bridgehead atoms. The van der Waals surface area contributed by atoms with Crippen LogP contribution in [-0.2, 0) is 22.7 Å². The number of aromatic nitrogens is 4. The number of carbonyl (C=O) groups is 1. The normalized spacial score (nSPS) is 12.7. The molecule has 1 atom stereocenters. The molecule has 2 aromatic rings. The lowest BCUT2D eigenvalue weighted by molar-refractivity contribution is -0.150. The van der Waals surface area contributed by atoms with Crippen molar-refractivity contribution < 1.29 is 9.53 Å². The third kappa shape index (κ3) is 3.73. The van der Waals surface area contributed by atoms with Crippen LogP contribution in [0.3, 0.4) is 0 Å². The Morgan fingerprint density at radius 3 is 2.71 bits per heavy atom. The highest BCUT2D eigenvalue weighted by molar-refractivity contribution is 5.75. The minimum absolute atomic E-state index is 0.0518. The first-order valence-electron chi connectivity index (χ1n) is 8.02. The van der Waals surface area contributed by atoms with Gasteiger partial charge in [-0.25, -0.2) is 9.55 Å². The van der Waals surface area contributed by atoms with Crippen LogP contribution in [0.4, 0.5) is 5.95 Å². The maximum atomic E-state index is 12.5. The summed E-state index contributed by atoms with van der Waals surface area (Å²) >= 11 is 0. The number of imidazole rings is 1. The highest BCUT2D eigenvalue weighted by Gasteiger charge is 2.20. The minimum atomic E-state index is -0.760. The van der Waals surface area contributed by atoms with Gasteiger partial charge in [-0.1, -0.05) is 27.2 Å². The van der Waals surface area contributed by atoms with E-state index in [4.69, 9.17) is 16.2 Å². The average molecular weight is 336 g/mol. The molecule has 2 aromatic heterocycles. The largest absolute Gasteiger partial charge is 0.443 e. The topological polar surface area (TPSA) is 142 Å². The van der Waals surface area contributed by atoms with E-state index in [9.17, 15) is 9.59 Å². The number of carbonyl (C=O) groups excluding carboxylic acids is 1. The summed E-state index contributed by atoms with van der Waals surface area (Å²) in [4.78, 5) is 35.7. The Bertz CT molecular complexity index is 779. The molecule has 24 heavy (non-hydrogen) atoms. The second-order valence-electron chi connectivity index (χ2n) is 6.05.